The van der Waals surface area contributed by atoms with Gasteiger partial charge in [0.15, 0.2) is 0 Å². The molecular weight excluding hydrogens is 467 g/mol. The van der Waals surface area contributed by atoms with Crippen LogP contribution in [0.15, 0.2) is 65.7 Å². The van der Waals surface area contributed by atoms with Crippen LogP contribution < -0.4 is 4.74 Å². The molecule has 2 atom stereocenters. The highest BCUT2D eigenvalue weighted by Crippen LogP contribution is 2.41. The number of rotatable bonds is 6. The van der Waals surface area contributed by atoms with Crippen molar-refractivity contribution in [2.45, 2.75) is 18.4 Å². The molecule has 1 aliphatic heterocycles. The third-order valence-corrected chi connectivity index (χ3v) is 5.77. The van der Waals surface area contributed by atoms with E-state index in [2.05, 4.69) is 20.9 Å². The van der Waals surface area contributed by atoms with Crippen LogP contribution in [-0.4, -0.2) is 28.9 Å². The lowest BCUT2D eigenvalue weighted by molar-refractivity contribution is -0.189. The third kappa shape index (κ3) is 4.21. The minimum Gasteiger partial charge on any atom is -0.491 e. The first-order valence-corrected chi connectivity index (χ1v) is 10.2. The van der Waals surface area contributed by atoms with Gasteiger partial charge in [0.1, 0.15) is 18.5 Å². The Morgan fingerprint density at radius 2 is 2.04 bits per heavy atom. The third-order valence-electron chi connectivity index (χ3n) is 4.42. The summed E-state index contributed by atoms with van der Waals surface area (Å²) in [4.78, 5) is 4.10. The van der Waals surface area contributed by atoms with Gasteiger partial charge >= 0.3 is 0 Å². The first-order valence-electron chi connectivity index (χ1n) is 8.66. The maximum absolute atomic E-state index is 6.49. The topological polar surface area (TPSA) is 45.5 Å². The first kappa shape index (κ1) is 19.7. The summed E-state index contributed by atoms with van der Waals surface area (Å²) in [6, 6.07) is 13.1. The van der Waals surface area contributed by atoms with E-state index in [-0.39, 0.29) is 6.10 Å². The number of nitrogens with zero attached hydrogens (tertiary/aromatic N) is 2. The number of hydrogen-bond acceptors (Lipinski definition) is 4. The maximum atomic E-state index is 6.49. The smallest absolute Gasteiger partial charge is 0.215 e. The summed E-state index contributed by atoms with van der Waals surface area (Å²) in [5.41, 5.74) is 0.682. The average Bonchev–Trinajstić information content (AvgIpc) is 3.34. The molecule has 3 aromatic rings. The molecule has 0 bridgehead atoms. The van der Waals surface area contributed by atoms with E-state index in [1.54, 1.807) is 18.6 Å². The van der Waals surface area contributed by atoms with Gasteiger partial charge in [-0.15, -0.1) is 0 Å². The van der Waals surface area contributed by atoms with Crippen LogP contribution in [0.25, 0.3) is 0 Å². The van der Waals surface area contributed by atoms with E-state index in [1.165, 1.54) is 0 Å². The van der Waals surface area contributed by atoms with E-state index >= 15 is 0 Å². The van der Waals surface area contributed by atoms with Crippen molar-refractivity contribution in [1.29, 1.82) is 0 Å². The molecule has 5 nitrogen and oxygen atoms in total. The molecule has 0 N–H and O–H groups in total. The Balaban J connectivity index is 1.55. The lowest BCUT2D eigenvalue weighted by atomic mass is 10.1. The maximum Gasteiger partial charge on any atom is 0.215 e. The molecule has 4 rings (SSSR count). The molecular formula is C20H17BrCl2N2O3. The molecule has 0 unspecified atom stereocenters. The lowest BCUT2D eigenvalue weighted by Gasteiger charge is -2.30. The fourth-order valence-electron chi connectivity index (χ4n) is 3.09. The zero-order valence-electron chi connectivity index (χ0n) is 14.7. The lowest BCUT2D eigenvalue weighted by Crippen LogP contribution is -2.34. The largest absolute Gasteiger partial charge is 0.491 e. The number of aromatic nitrogens is 2. The van der Waals surface area contributed by atoms with Crippen LogP contribution >= 0.6 is 39.1 Å². The number of imidazole rings is 1. The minimum absolute atomic E-state index is 0.262. The van der Waals surface area contributed by atoms with Crippen molar-refractivity contribution in [3.8, 4) is 5.75 Å². The van der Waals surface area contributed by atoms with Gasteiger partial charge in [0, 0.05) is 22.4 Å². The van der Waals surface area contributed by atoms with Crippen molar-refractivity contribution in [2.75, 3.05) is 13.2 Å². The van der Waals surface area contributed by atoms with Gasteiger partial charge in [-0.25, -0.2) is 4.98 Å². The van der Waals surface area contributed by atoms with Crippen LogP contribution in [-0.2, 0) is 21.8 Å². The molecule has 0 aliphatic carbocycles. The summed E-state index contributed by atoms with van der Waals surface area (Å²) >= 11 is 16.1. The highest BCUT2D eigenvalue weighted by Gasteiger charge is 2.45. The van der Waals surface area contributed by atoms with Crippen LogP contribution in [0.4, 0.5) is 0 Å². The van der Waals surface area contributed by atoms with Crippen LogP contribution in [0, 0.1) is 0 Å². The number of benzene rings is 2. The molecule has 2 heterocycles. The van der Waals surface area contributed by atoms with Gasteiger partial charge in [0.05, 0.1) is 29.5 Å². The van der Waals surface area contributed by atoms with Crippen molar-refractivity contribution in [1.82, 2.24) is 9.55 Å². The zero-order valence-corrected chi connectivity index (χ0v) is 17.8. The van der Waals surface area contributed by atoms with E-state index in [0.717, 1.165) is 10.2 Å². The van der Waals surface area contributed by atoms with E-state index in [4.69, 9.17) is 37.4 Å². The Morgan fingerprint density at radius 1 is 1.21 bits per heavy atom. The molecule has 1 aromatic heterocycles. The number of halogens is 3. The van der Waals surface area contributed by atoms with E-state index in [9.17, 15) is 0 Å². The normalized spacial score (nSPS) is 21.8. The second-order valence-electron chi connectivity index (χ2n) is 6.41. The van der Waals surface area contributed by atoms with Gasteiger partial charge in [-0.3, -0.25) is 0 Å². The Kier molecular flexibility index (Phi) is 5.94. The van der Waals surface area contributed by atoms with E-state index in [0.29, 0.717) is 35.4 Å². The quantitative estimate of drug-likeness (QED) is 0.477. The molecule has 2 aromatic carbocycles. The van der Waals surface area contributed by atoms with Crippen LogP contribution in [0.5, 0.6) is 5.75 Å². The molecule has 0 radical (unpaired) electrons. The highest BCUT2D eigenvalue weighted by molar-refractivity contribution is 9.10. The predicted molar refractivity (Wildman–Crippen MR) is 111 cm³/mol. The van der Waals surface area contributed by atoms with Crippen molar-refractivity contribution in [3.05, 3.63) is 81.3 Å². The average molecular weight is 484 g/mol. The second-order valence-corrected chi connectivity index (χ2v) is 8.11. The van der Waals surface area contributed by atoms with Gasteiger partial charge in [0.2, 0.25) is 5.79 Å². The van der Waals surface area contributed by atoms with Gasteiger partial charge in [-0.1, -0.05) is 51.3 Å². The zero-order chi connectivity index (χ0) is 19.6. The number of ether oxygens (including phenoxy) is 3. The van der Waals surface area contributed by atoms with Crippen molar-refractivity contribution < 1.29 is 14.2 Å². The Labute approximate surface area is 181 Å². The standard InChI is InChI=1S/C20H17BrCl2N2O3/c21-14-4-6-15(7-5-14)26-10-16-11-27-20(28-16,12-25-9-8-24-13-25)17-2-1-3-18(22)19(17)23/h1-9,13,16H,10-12H2/t16-,20-/m1/s1. The van der Waals surface area contributed by atoms with Crippen molar-refractivity contribution in [2.24, 2.45) is 0 Å². The molecule has 146 valence electrons. The minimum atomic E-state index is -1.07. The number of hydrogen-bond donors (Lipinski definition) is 0. The van der Waals surface area contributed by atoms with Crippen LogP contribution in [0.2, 0.25) is 10.0 Å². The second kappa shape index (κ2) is 8.43. The van der Waals surface area contributed by atoms with E-state index in [1.807, 2.05) is 47.2 Å². The highest BCUT2D eigenvalue weighted by atomic mass is 79.9. The SMILES string of the molecule is Clc1cccc([C@]2(Cn3ccnc3)OC[C@@H](COc3ccc(Br)cc3)O2)c1Cl. The van der Waals surface area contributed by atoms with Crippen LogP contribution in [0.1, 0.15) is 5.56 Å². The molecule has 0 spiro atoms. The molecule has 1 saturated heterocycles. The Hall–Kier alpha value is -1.57. The summed E-state index contributed by atoms with van der Waals surface area (Å²) in [5, 5.41) is 0.865. The van der Waals surface area contributed by atoms with Gasteiger partial charge in [-0.2, -0.15) is 0 Å². The molecule has 28 heavy (non-hydrogen) atoms. The monoisotopic (exact) mass is 482 g/mol. The fraction of sp³-hybridized carbons (Fsp3) is 0.250. The van der Waals surface area contributed by atoms with Gasteiger partial charge in [0.25, 0.3) is 0 Å². The van der Waals surface area contributed by atoms with E-state index < -0.39 is 5.79 Å². The Bertz CT molecular complexity index is 937. The summed E-state index contributed by atoms with van der Waals surface area (Å²) in [6.07, 6.45) is 5.00. The Morgan fingerprint density at radius 3 is 2.79 bits per heavy atom. The molecule has 1 aliphatic rings. The van der Waals surface area contributed by atoms with Gasteiger partial charge in [-0.05, 0) is 30.3 Å². The molecule has 0 saturated carbocycles. The fourth-order valence-corrected chi connectivity index (χ4v) is 3.80. The molecule has 1 fully saturated rings. The first-order chi connectivity index (χ1) is 13.6. The molecule has 8 heteroatoms. The van der Waals surface area contributed by atoms with Crippen molar-refractivity contribution in [3.63, 3.8) is 0 Å². The van der Waals surface area contributed by atoms with Crippen LogP contribution in [0.3, 0.4) is 0 Å². The summed E-state index contributed by atoms with van der Waals surface area (Å²) < 4.78 is 21.2. The van der Waals surface area contributed by atoms with Gasteiger partial charge < -0.3 is 18.8 Å². The summed E-state index contributed by atoms with van der Waals surface area (Å²) in [6.45, 7) is 1.11. The summed E-state index contributed by atoms with van der Waals surface area (Å²) in [7, 11) is 0. The van der Waals surface area contributed by atoms with Crippen molar-refractivity contribution >= 4 is 39.1 Å². The molecule has 0 amide bonds. The summed E-state index contributed by atoms with van der Waals surface area (Å²) in [5.74, 6) is -0.309. The predicted octanol–water partition coefficient (Wildman–Crippen LogP) is 5.30.